The number of aryl methyl sites for hydroxylation is 1. The van der Waals surface area contributed by atoms with Crippen LogP contribution in [0, 0.1) is 18.3 Å². The third-order valence-corrected chi connectivity index (χ3v) is 6.84. The number of aliphatic hydroxyl groups is 1. The van der Waals surface area contributed by atoms with Gasteiger partial charge >= 0.3 is 0 Å². The van der Waals surface area contributed by atoms with Crippen LogP contribution in [0.25, 0.3) is 0 Å². The highest BCUT2D eigenvalue weighted by atomic mass is 16.3. The lowest BCUT2D eigenvalue weighted by Crippen LogP contribution is -2.48. The molecule has 3 unspecified atom stereocenters. The number of aromatic hydroxyl groups is 1. The molecule has 0 heterocycles. The molecular weight excluding hydrogens is 320 g/mol. The van der Waals surface area contributed by atoms with Crippen LogP contribution >= 0.6 is 0 Å². The zero-order valence-electron chi connectivity index (χ0n) is 17.3. The van der Waals surface area contributed by atoms with E-state index in [1.807, 2.05) is 31.2 Å². The van der Waals surface area contributed by atoms with E-state index >= 15 is 0 Å². The molecule has 0 spiro atoms. The minimum absolute atomic E-state index is 0.0884. The third-order valence-electron chi connectivity index (χ3n) is 6.84. The van der Waals surface area contributed by atoms with Crippen molar-refractivity contribution in [2.75, 3.05) is 0 Å². The summed E-state index contributed by atoms with van der Waals surface area (Å²) in [6.45, 7) is 13.0. The molecule has 0 bridgehead atoms. The van der Waals surface area contributed by atoms with Gasteiger partial charge in [0.05, 0.1) is 5.60 Å². The number of allylic oxidation sites excluding steroid dienone is 2. The van der Waals surface area contributed by atoms with E-state index in [9.17, 15) is 10.2 Å². The van der Waals surface area contributed by atoms with Crippen LogP contribution in [0.4, 0.5) is 0 Å². The topological polar surface area (TPSA) is 40.5 Å². The monoisotopic (exact) mass is 356 g/mol. The molecule has 0 aliphatic heterocycles. The smallest absolute Gasteiger partial charge is 0.118 e. The molecule has 0 amide bonds. The normalized spacial score (nSPS) is 25.3. The van der Waals surface area contributed by atoms with E-state index in [4.69, 9.17) is 0 Å². The van der Waals surface area contributed by atoms with Crippen LogP contribution in [0.3, 0.4) is 0 Å². The maximum atomic E-state index is 11.3. The Kier molecular flexibility index (Phi) is 6.07. The Bertz CT molecular complexity index is 685. The van der Waals surface area contributed by atoms with E-state index in [1.165, 1.54) is 5.56 Å². The Morgan fingerprint density at radius 1 is 1.12 bits per heavy atom. The van der Waals surface area contributed by atoms with Crippen LogP contribution in [0.5, 0.6) is 5.75 Å². The van der Waals surface area contributed by atoms with E-state index in [1.54, 1.807) is 0 Å². The van der Waals surface area contributed by atoms with Gasteiger partial charge in [-0.2, -0.15) is 0 Å². The fraction of sp³-hybridized carbons (Fsp3) is 0.583. The Balaban J connectivity index is 2.09. The van der Waals surface area contributed by atoms with E-state index in [2.05, 4.69) is 52.8 Å². The number of phenolic OH excluding ortho intramolecular Hbond substituents is 1. The lowest BCUT2D eigenvalue weighted by molar-refractivity contribution is -0.0595. The molecule has 0 saturated carbocycles. The van der Waals surface area contributed by atoms with Crippen molar-refractivity contribution in [2.24, 2.45) is 11.3 Å². The maximum Gasteiger partial charge on any atom is 0.118 e. The molecule has 0 aromatic heterocycles. The first-order chi connectivity index (χ1) is 12.1. The van der Waals surface area contributed by atoms with E-state index < -0.39 is 5.60 Å². The van der Waals surface area contributed by atoms with Gasteiger partial charge in [-0.05, 0) is 54.2 Å². The second-order valence-corrected chi connectivity index (χ2v) is 9.01. The van der Waals surface area contributed by atoms with Crippen LogP contribution < -0.4 is 0 Å². The van der Waals surface area contributed by atoms with Crippen molar-refractivity contribution in [3.63, 3.8) is 0 Å². The van der Waals surface area contributed by atoms with Gasteiger partial charge in [0.1, 0.15) is 5.75 Å². The molecular formula is C24H36O2. The molecule has 2 N–H and O–H groups in total. The summed E-state index contributed by atoms with van der Waals surface area (Å²) in [6.07, 6.45) is 12.2. The van der Waals surface area contributed by atoms with Crippen molar-refractivity contribution in [3.05, 3.63) is 53.6 Å². The lowest BCUT2D eigenvalue weighted by atomic mass is 9.63. The minimum atomic E-state index is -0.792. The van der Waals surface area contributed by atoms with Crippen molar-refractivity contribution in [2.45, 2.75) is 78.2 Å². The minimum Gasteiger partial charge on any atom is -0.508 e. The van der Waals surface area contributed by atoms with Crippen LogP contribution in [-0.2, 0) is 5.41 Å². The highest BCUT2D eigenvalue weighted by molar-refractivity contribution is 5.38. The van der Waals surface area contributed by atoms with Gasteiger partial charge in [0.25, 0.3) is 0 Å². The Hall–Kier alpha value is -1.54. The summed E-state index contributed by atoms with van der Waals surface area (Å²) < 4.78 is 0. The van der Waals surface area contributed by atoms with E-state index in [0.29, 0.717) is 5.75 Å². The highest BCUT2D eigenvalue weighted by Gasteiger charge is 2.45. The first-order valence-electron chi connectivity index (χ1n) is 9.94. The maximum absolute atomic E-state index is 11.3. The SMILES string of the molecule is CCC(C)(CCCC(C)(C)C1(O)C=CC=CC1C)c1ccc(O)c(C)c1. The molecule has 26 heavy (non-hydrogen) atoms. The average Bonchev–Trinajstić information content (AvgIpc) is 2.59. The summed E-state index contributed by atoms with van der Waals surface area (Å²) in [5.74, 6) is 0.487. The summed E-state index contributed by atoms with van der Waals surface area (Å²) in [5.41, 5.74) is 1.34. The Morgan fingerprint density at radius 2 is 1.81 bits per heavy atom. The van der Waals surface area contributed by atoms with E-state index in [-0.39, 0.29) is 16.7 Å². The molecule has 2 nitrogen and oxygen atoms in total. The van der Waals surface area contributed by atoms with Gasteiger partial charge in [-0.25, -0.2) is 0 Å². The van der Waals surface area contributed by atoms with E-state index in [0.717, 1.165) is 31.2 Å². The predicted octanol–water partition coefficient (Wildman–Crippen LogP) is 6.06. The summed E-state index contributed by atoms with van der Waals surface area (Å²) in [5, 5.41) is 21.1. The number of rotatable bonds is 7. The molecule has 3 atom stereocenters. The molecule has 1 aliphatic carbocycles. The van der Waals surface area contributed by atoms with Crippen LogP contribution in [0.15, 0.2) is 42.5 Å². The third kappa shape index (κ3) is 3.91. The summed E-state index contributed by atoms with van der Waals surface area (Å²) >= 11 is 0. The molecule has 2 rings (SSSR count). The van der Waals surface area contributed by atoms with Crippen LogP contribution in [-0.4, -0.2) is 15.8 Å². The predicted molar refractivity (Wildman–Crippen MR) is 111 cm³/mol. The number of hydrogen-bond acceptors (Lipinski definition) is 2. The first kappa shape index (κ1) is 20.8. The number of hydrogen-bond donors (Lipinski definition) is 2. The van der Waals surface area contributed by atoms with Gasteiger partial charge in [0.2, 0.25) is 0 Å². The van der Waals surface area contributed by atoms with Crippen molar-refractivity contribution >= 4 is 0 Å². The Labute approximate surface area is 159 Å². The van der Waals surface area contributed by atoms with Crippen molar-refractivity contribution in [3.8, 4) is 5.75 Å². The largest absolute Gasteiger partial charge is 0.508 e. The molecule has 0 radical (unpaired) electrons. The molecule has 144 valence electrons. The van der Waals surface area contributed by atoms with Crippen molar-refractivity contribution in [1.82, 2.24) is 0 Å². The fourth-order valence-electron chi connectivity index (χ4n) is 4.25. The first-order valence-corrected chi connectivity index (χ1v) is 9.94. The molecule has 1 aliphatic rings. The fourth-order valence-corrected chi connectivity index (χ4v) is 4.25. The van der Waals surface area contributed by atoms with Crippen molar-refractivity contribution in [1.29, 1.82) is 0 Å². The molecule has 0 saturated heterocycles. The number of phenols is 1. The second-order valence-electron chi connectivity index (χ2n) is 9.01. The van der Waals surface area contributed by atoms with Gasteiger partial charge < -0.3 is 10.2 Å². The zero-order valence-corrected chi connectivity index (χ0v) is 17.3. The Morgan fingerprint density at radius 3 is 2.38 bits per heavy atom. The molecule has 0 fully saturated rings. The average molecular weight is 357 g/mol. The summed E-state index contributed by atoms with van der Waals surface area (Å²) in [6, 6.07) is 5.99. The van der Waals surface area contributed by atoms with Gasteiger partial charge in [0.15, 0.2) is 0 Å². The van der Waals surface area contributed by atoms with Gasteiger partial charge in [-0.15, -0.1) is 0 Å². The summed E-state index contributed by atoms with van der Waals surface area (Å²) in [7, 11) is 0. The molecule has 2 heteroatoms. The number of benzene rings is 1. The van der Waals surface area contributed by atoms with Crippen LogP contribution in [0.1, 0.15) is 71.4 Å². The molecule has 1 aromatic rings. The zero-order chi connectivity index (χ0) is 19.6. The van der Waals surface area contributed by atoms with Crippen LogP contribution in [0.2, 0.25) is 0 Å². The van der Waals surface area contributed by atoms with Gasteiger partial charge in [-0.1, -0.05) is 77.5 Å². The second kappa shape index (κ2) is 7.60. The lowest BCUT2D eigenvalue weighted by Gasteiger charge is -2.45. The summed E-state index contributed by atoms with van der Waals surface area (Å²) in [4.78, 5) is 0. The quantitative estimate of drug-likeness (QED) is 0.623. The highest BCUT2D eigenvalue weighted by Crippen LogP contribution is 2.45. The van der Waals surface area contributed by atoms with Gasteiger partial charge in [0, 0.05) is 5.92 Å². The standard InChI is InChI=1S/C24H36O2/c1-7-23(6,20-12-13-21(25)18(2)17-20)15-10-14-22(4,5)24(26)16-9-8-11-19(24)3/h8-9,11-13,16-17,19,25-26H,7,10,14-15H2,1-6H3. The van der Waals surface area contributed by atoms with Gasteiger partial charge in [-0.3, -0.25) is 0 Å². The van der Waals surface area contributed by atoms with Crippen molar-refractivity contribution < 1.29 is 10.2 Å². The molecule has 1 aromatic carbocycles.